The summed E-state index contributed by atoms with van der Waals surface area (Å²) in [7, 11) is 1.77. The standard InChI is InChI=1S/C21H26N4O2S/c1-22-21(23-11-4-12-26-14-15-7-8-15)24-13-16-9-10-18(27-16)20-25-17-5-2-3-6-19(17)28-20/h2-3,5-6,9-10,15H,4,7-8,11-14H2,1H3,(H2,22,23,24). The minimum absolute atomic E-state index is 0.572. The molecule has 0 unspecified atom stereocenters. The Morgan fingerprint density at radius 3 is 2.96 bits per heavy atom. The lowest BCUT2D eigenvalue weighted by Crippen LogP contribution is -2.37. The zero-order valence-corrected chi connectivity index (χ0v) is 16.9. The van der Waals surface area contributed by atoms with Crippen LogP contribution in [-0.2, 0) is 11.3 Å². The number of aliphatic imine (C=N–C) groups is 1. The van der Waals surface area contributed by atoms with E-state index in [0.717, 1.165) is 60.1 Å². The van der Waals surface area contributed by atoms with Crippen LogP contribution < -0.4 is 10.6 Å². The fourth-order valence-electron chi connectivity index (χ4n) is 2.87. The van der Waals surface area contributed by atoms with Crippen molar-refractivity contribution in [3.63, 3.8) is 0 Å². The van der Waals surface area contributed by atoms with E-state index in [1.54, 1.807) is 18.4 Å². The van der Waals surface area contributed by atoms with Gasteiger partial charge in [-0.05, 0) is 49.4 Å². The molecule has 2 heterocycles. The first-order valence-corrected chi connectivity index (χ1v) is 10.6. The van der Waals surface area contributed by atoms with E-state index in [2.05, 4.69) is 26.7 Å². The number of fused-ring (bicyclic) bond motifs is 1. The maximum Gasteiger partial charge on any atom is 0.191 e. The molecule has 1 saturated carbocycles. The molecule has 0 aliphatic heterocycles. The first kappa shape index (κ1) is 19.0. The number of thiazole rings is 1. The number of para-hydroxylation sites is 1. The second kappa shape index (κ2) is 9.21. The molecule has 3 aromatic rings. The molecule has 148 valence electrons. The van der Waals surface area contributed by atoms with Crippen molar-refractivity contribution < 1.29 is 9.15 Å². The zero-order valence-electron chi connectivity index (χ0n) is 16.1. The van der Waals surface area contributed by atoms with E-state index in [-0.39, 0.29) is 0 Å². The highest BCUT2D eigenvalue weighted by Crippen LogP contribution is 2.31. The molecular formula is C21H26N4O2S. The fourth-order valence-corrected chi connectivity index (χ4v) is 3.80. The van der Waals surface area contributed by atoms with Gasteiger partial charge in [0.15, 0.2) is 16.7 Å². The third-order valence-corrected chi connectivity index (χ3v) is 5.68. The summed E-state index contributed by atoms with van der Waals surface area (Å²) in [6.07, 6.45) is 3.64. The molecule has 4 rings (SSSR count). The van der Waals surface area contributed by atoms with Crippen molar-refractivity contribution in [2.75, 3.05) is 26.8 Å². The maximum absolute atomic E-state index is 5.96. The Balaban J connectivity index is 1.22. The van der Waals surface area contributed by atoms with E-state index in [0.29, 0.717) is 6.54 Å². The molecule has 1 aliphatic rings. The highest BCUT2D eigenvalue weighted by Gasteiger charge is 2.20. The molecule has 7 heteroatoms. The van der Waals surface area contributed by atoms with Crippen molar-refractivity contribution in [1.82, 2.24) is 15.6 Å². The van der Waals surface area contributed by atoms with Gasteiger partial charge in [0.1, 0.15) is 5.76 Å². The van der Waals surface area contributed by atoms with Crippen molar-refractivity contribution in [1.29, 1.82) is 0 Å². The van der Waals surface area contributed by atoms with E-state index in [1.165, 1.54) is 17.5 Å². The molecule has 28 heavy (non-hydrogen) atoms. The van der Waals surface area contributed by atoms with Crippen LogP contribution in [0, 0.1) is 5.92 Å². The second-order valence-corrected chi connectivity index (χ2v) is 8.01. The topological polar surface area (TPSA) is 71.7 Å². The number of ether oxygens (including phenoxy) is 1. The molecule has 6 nitrogen and oxygen atoms in total. The Bertz CT molecular complexity index is 896. The Hall–Kier alpha value is -2.38. The number of nitrogens with zero attached hydrogens (tertiary/aromatic N) is 2. The van der Waals surface area contributed by atoms with Crippen LogP contribution in [-0.4, -0.2) is 37.7 Å². The number of hydrogen-bond acceptors (Lipinski definition) is 5. The average Bonchev–Trinajstić information content (AvgIpc) is 3.25. The maximum atomic E-state index is 5.96. The molecule has 2 aromatic heterocycles. The monoisotopic (exact) mass is 398 g/mol. The zero-order chi connectivity index (χ0) is 19.2. The predicted octanol–water partition coefficient (Wildman–Crippen LogP) is 4.04. The summed E-state index contributed by atoms with van der Waals surface area (Å²) in [5.41, 5.74) is 1.00. The number of benzene rings is 1. The molecule has 0 bridgehead atoms. The fraction of sp³-hybridized carbons (Fsp3) is 0.429. The first-order chi connectivity index (χ1) is 13.8. The van der Waals surface area contributed by atoms with Gasteiger partial charge in [-0.2, -0.15) is 0 Å². The summed E-state index contributed by atoms with van der Waals surface area (Å²) < 4.78 is 12.8. The van der Waals surface area contributed by atoms with Gasteiger partial charge in [0.2, 0.25) is 0 Å². The Labute approximate surface area is 169 Å². The summed E-state index contributed by atoms with van der Waals surface area (Å²) in [5, 5.41) is 7.49. The van der Waals surface area contributed by atoms with Crippen molar-refractivity contribution >= 4 is 27.5 Å². The molecule has 0 saturated heterocycles. The largest absolute Gasteiger partial charge is 0.457 e. The number of hydrogen-bond donors (Lipinski definition) is 2. The van der Waals surface area contributed by atoms with Crippen LogP contribution in [0.15, 0.2) is 45.8 Å². The SMILES string of the molecule is CN=C(NCCCOCC1CC1)NCc1ccc(-c2nc3ccccc3s2)o1. The van der Waals surface area contributed by atoms with Crippen LogP contribution in [0.4, 0.5) is 0 Å². The number of nitrogens with one attached hydrogen (secondary N) is 2. The van der Waals surface area contributed by atoms with Gasteiger partial charge in [-0.1, -0.05) is 12.1 Å². The van der Waals surface area contributed by atoms with Gasteiger partial charge in [-0.15, -0.1) is 11.3 Å². The summed E-state index contributed by atoms with van der Waals surface area (Å²) in [6, 6.07) is 12.1. The summed E-state index contributed by atoms with van der Waals surface area (Å²) >= 11 is 1.64. The number of aromatic nitrogens is 1. The van der Waals surface area contributed by atoms with E-state index in [9.17, 15) is 0 Å². The molecule has 0 radical (unpaired) electrons. The molecule has 0 spiro atoms. The van der Waals surface area contributed by atoms with Crippen molar-refractivity contribution in [2.45, 2.75) is 25.8 Å². The highest BCUT2D eigenvalue weighted by atomic mass is 32.1. The van der Waals surface area contributed by atoms with Gasteiger partial charge in [0, 0.05) is 26.8 Å². The van der Waals surface area contributed by atoms with Gasteiger partial charge in [-0.3, -0.25) is 4.99 Å². The number of guanidine groups is 1. The Kier molecular flexibility index (Phi) is 6.24. The van der Waals surface area contributed by atoms with Crippen LogP contribution in [0.1, 0.15) is 25.0 Å². The lowest BCUT2D eigenvalue weighted by Gasteiger charge is -2.11. The van der Waals surface area contributed by atoms with Crippen LogP contribution in [0.3, 0.4) is 0 Å². The Morgan fingerprint density at radius 2 is 2.14 bits per heavy atom. The summed E-state index contributed by atoms with van der Waals surface area (Å²) in [5.74, 6) is 3.24. The predicted molar refractivity (Wildman–Crippen MR) is 114 cm³/mol. The molecule has 0 atom stereocenters. The van der Waals surface area contributed by atoms with E-state index in [1.807, 2.05) is 30.3 Å². The van der Waals surface area contributed by atoms with Gasteiger partial charge in [0.05, 0.1) is 16.8 Å². The quantitative estimate of drug-likeness (QED) is 0.323. The summed E-state index contributed by atoms with van der Waals surface area (Å²) in [6.45, 7) is 3.12. The van der Waals surface area contributed by atoms with Crippen molar-refractivity contribution in [3.05, 3.63) is 42.2 Å². The molecule has 1 fully saturated rings. The lowest BCUT2D eigenvalue weighted by molar-refractivity contribution is 0.123. The summed E-state index contributed by atoms with van der Waals surface area (Å²) in [4.78, 5) is 8.90. The number of rotatable bonds is 9. The van der Waals surface area contributed by atoms with E-state index in [4.69, 9.17) is 9.15 Å². The van der Waals surface area contributed by atoms with Crippen LogP contribution >= 0.6 is 11.3 Å². The Morgan fingerprint density at radius 1 is 1.25 bits per heavy atom. The van der Waals surface area contributed by atoms with Gasteiger partial charge >= 0.3 is 0 Å². The van der Waals surface area contributed by atoms with Gasteiger partial charge in [-0.25, -0.2) is 4.98 Å². The molecule has 1 aliphatic carbocycles. The highest BCUT2D eigenvalue weighted by molar-refractivity contribution is 7.21. The van der Waals surface area contributed by atoms with Gasteiger partial charge < -0.3 is 19.8 Å². The molecule has 0 amide bonds. The molecular weight excluding hydrogens is 372 g/mol. The van der Waals surface area contributed by atoms with Crippen LogP contribution in [0.2, 0.25) is 0 Å². The third kappa shape index (κ3) is 5.11. The van der Waals surface area contributed by atoms with Crippen molar-refractivity contribution in [2.24, 2.45) is 10.9 Å². The molecule has 1 aromatic carbocycles. The van der Waals surface area contributed by atoms with E-state index >= 15 is 0 Å². The van der Waals surface area contributed by atoms with Crippen LogP contribution in [0.5, 0.6) is 0 Å². The lowest BCUT2D eigenvalue weighted by atomic mass is 10.3. The van der Waals surface area contributed by atoms with Crippen LogP contribution in [0.25, 0.3) is 21.0 Å². The third-order valence-electron chi connectivity index (χ3n) is 4.63. The average molecular weight is 399 g/mol. The smallest absolute Gasteiger partial charge is 0.191 e. The minimum atomic E-state index is 0.572. The first-order valence-electron chi connectivity index (χ1n) is 9.79. The normalized spacial score (nSPS) is 14.5. The minimum Gasteiger partial charge on any atom is -0.457 e. The van der Waals surface area contributed by atoms with Crippen molar-refractivity contribution in [3.8, 4) is 10.8 Å². The van der Waals surface area contributed by atoms with Gasteiger partial charge in [0.25, 0.3) is 0 Å². The van der Waals surface area contributed by atoms with E-state index < -0.39 is 0 Å². The number of furan rings is 1. The second-order valence-electron chi connectivity index (χ2n) is 6.98. The molecule has 2 N–H and O–H groups in total.